The molecule has 100 valence electrons. The highest BCUT2D eigenvalue weighted by molar-refractivity contribution is 7.98. The van der Waals surface area contributed by atoms with Crippen LogP contribution in [0.1, 0.15) is 12.5 Å². The smallest absolute Gasteiger partial charge is 0.292 e. The number of aliphatic hydroxyl groups excluding tert-OH is 1. The van der Waals surface area contributed by atoms with Crippen molar-refractivity contribution in [3.63, 3.8) is 0 Å². The number of thioether (sulfide) groups is 1. The third kappa shape index (κ3) is 3.89. The number of hydrogen-bond acceptors (Lipinski definition) is 5. The first-order valence-electron chi connectivity index (χ1n) is 5.72. The van der Waals surface area contributed by atoms with Gasteiger partial charge in [0.2, 0.25) is 0 Å². The predicted octanol–water partition coefficient (Wildman–Crippen LogP) is 2.50. The fourth-order valence-corrected chi connectivity index (χ4v) is 2.66. The van der Waals surface area contributed by atoms with Crippen molar-refractivity contribution in [1.29, 1.82) is 0 Å². The van der Waals surface area contributed by atoms with E-state index in [1.807, 2.05) is 13.0 Å². The van der Waals surface area contributed by atoms with E-state index in [2.05, 4.69) is 5.32 Å². The minimum Gasteiger partial charge on any atom is -0.396 e. The topological polar surface area (TPSA) is 75.4 Å². The molecule has 0 amide bonds. The summed E-state index contributed by atoms with van der Waals surface area (Å²) in [7, 11) is 1.69. The van der Waals surface area contributed by atoms with Crippen LogP contribution in [0, 0.1) is 16.0 Å². The molecule has 1 aromatic carbocycles. The van der Waals surface area contributed by atoms with Crippen molar-refractivity contribution in [3.8, 4) is 0 Å². The summed E-state index contributed by atoms with van der Waals surface area (Å²) in [5.41, 5.74) is 1.60. The largest absolute Gasteiger partial charge is 0.396 e. The molecule has 0 bridgehead atoms. The third-order valence-electron chi connectivity index (χ3n) is 2.55. The molecule has 2 N–H and O–H groups in total. The van der Waals surface area contributed by atoms with Crippen molar-refractivity contribution in [3.05, 3.63) is 33.9 Å². The van der Waals surface area contributed by atoms with Crippen LogP contribution in [0.15, 0.2) is 18.2 Å². The molecule has 0 aliphatic carbocycles. The summed E-state index contributed by atoms with van der Waals surface area (Å²) < 4.78 is 0. The Bertz CT molecular complexity index is 412. The van der Waals surface area contributed by atoms with Gasteiger partial charge >= 0.3 is 0 Å². The number of nitro groups is 1. The molecule has 0 aliphatic heterocycles. The Kier molecular flexibility index (Phi) is 5.94. The SMILES string of the molecule is CNc1c(CSCC(C)CO)cccc1[N+](=O)[O-]. The Morgan fingerprint density at radius 3 is 2.83 bits per heavy atom. The number of aliphatic hydroxyl groups is 1. The minimum atomic E-state index is -0.379. The maximum absolute atomic E-state index is 10.9. The quantitative estimate of drug-likeness (QED) is 0.588. The van der Waals surface area contributed by atoms with E-state index in [4.69, 9.17) is 5.11 Å². The maximum Gasteiger partial charge on any atom is 0.292 e. The van der Waals surface area contributed by atoms with Gasteiger partial charge < -0.3 is 10.4 Å². The number of benzene rings is 1. The lowest BCUT2D eigenvalue weighted by Crippen LogP contribution is -2.04. The van der Waals surface area contributed by atoms with E-state index in [1.54, 1.807) is 24.9 Å². The van der Waals surface area contributed by atoms with Crippen LogP contribution in [0.4, 0.5) is 11.4 Å². The molecule has 0 saturated heterocycles. The third-order valence-corrected chi connectivity index (χ3v) is 3.87. The van der Waals surface area contributed by atoms with Gasteiger partial charge in [0.15, 0.2) is 0 Å². The van der Waals surface area contributed by atoms with Crippen LogP contribution in [-0.2, 0) is 5.75 Å². The predicted molar refractivity (Wildman–Crippen MR) is 75.1 cm³/mol. The van der Waals surface area contributed by atoms with Gasteiger partial charge in [0, 0.05) is 25.5 Å². The van der Waals surface area contributed by atoms with Crippen LogP contribution in [0.5, 0.6) is 0 Å². The zero-order valence-corrected chi connectivity index (χ0v) is 11.4. The maximum atomic E-state index is 10.9. The molecule has 0 saturated carbocycles. The van der Waals surface area contributed by atoms with E-state index >= 15 is 0 Å². The minimum absolute atomic E-state index is 0.103. The molecular weight excluding hydrogens is 252 g/mol. The van der Waals surface area contributed by atoms with E-state index in [9.17, 15) is 10.1 Å². The van der Waals surface area contributed by atoms with Gasteiger partial charge in [-0.05, 0) is 17.2 Å². The zero-order chi connectivity index (χ0) is 13.5. The molecule has 1 unspecified atom stereocenters. The van der Waals surface area contributed by atoms with Crippen molar-refractivity contribution in [2.75, 3.05) is 24.7 Å². The Morgan fingerprint density at radius 2 is 2.28 bits per heavy atom. The molecular formula is C12H18N2O3S. The second-order valence-corrected chi connectivity index (χ2v) is 5.15. The molecule has 0 aliphatic rings. The van der Waals surface area contributed by atoms with Crippen molar-refractivity contribution in [2.45, 2.75) is 12.7 Å². The van der Waals surface area contributed by atoms with E-state index in [1.165, 1.54) is 6.07 Å². The van der Waals surface area contributed by atoms with Gasteiger partial charge in [-0.3, -0.25) is 10.1 Å². The number of anilines is 1. The summed E-state index contributed by atoms with van der Waals surface area (Å²) in [5, 5.41) is 22.7. The molecule has 1 rings (SSSR count). The van der Waals surface area contributed by atoms with Crippen LogP contribution in [0.3, 0.4) is 0 Å². The lowest BCUT2D eigenvalue weighted by atomic mass is 10.1. The van der Waals surface area contributed by atoms with Gasteiger partial charge in [-0.1, -0.05) is 19.1 Å². The summed E-state index contributed by atoms with van der Waals surface area (Å²) in [6, 6.07) is 5.08. The molecule has 0 heterocycles. The highest BCUT2D eigenvalue weighted by Crippen LogP contribution is 2.30. The number of para-hydroxylation sites is 1. The lowest BCUT2D eigenvalue weighted by Gasteiger charge is -2.11. The Morgan fingerprint density at radius 1 is 1.56 bits per heavy atom. The molecule has 0 aromatic heterocycles. The first-order chi connectivity index (χ1) is 8.60. The second kappa shape index (κ2) is 7.23. The number of nitrogens with zero attached hydrogens (tertiary/aromatic N) is 1. The molecule has 0 fully saturated rings. The fourth-order valence-electron chi connectivity index (χ4n) is 1.57. The highest BCUT2D eigenvalue weighted by Gasteiger charge is 2.15. The van der Waals surface area contributed by atoms with Gasteiger partial charge in [-0.2, -0.15) is 11.8 Å². The molecule has 18 heavy (non-hydrogen) atoms. The average Bonchev–Trinajstić information content (AvgIpc) is 2.37. The van der Waals surface area contributed by atoms with Gasteiger partial charge in [0.1, 0.15) is 5.69 Å². The van der Waals surface area contributed by atoms with Gasteiger partial charge in [-0.15, -0.1) is 0 Å². The van der Waals surface area contributed by atoms with Crippen LogP contribution in [0.25, 0.3) is 0 Å². The highest BCUT2D eigenvalue weighted by atomic mass is 32.2. The molecule has 1 atom stereocenters. The van der Waals surface area contributed by atoms with Gasteiger partial charge in [0.25, 0.3) is 5.69 Å². The Labute approximate surface area is 111 Å². The van der Waals surface area contributed by atoms with Crippen molar-refractivity contribution >= 4 is 23.1 Å². The summed E-state index contributed by atoms with van der Waals surface area (Å²) in [4.78, 5) is 10.5. The monoisotopic (exact) mass is 270 g/mol. The average molecular weight is 270 g/mol. The first-order valence-corrected chi connectivity index (χ1v) is 6.88. The van der Waals surface area contributed by atoms with E-state index in [0.717, 1.165) is 11.3 Å². The van der Waals surface area contributed by atoms with Crippen LogP contribution in [-0.4, -0.2) is 29.4 Å². The zero-order valence-electron chi connectivity index (χ0n) is 10.5. The van der Waals surface area contributed by atoms with Crippen molar-refractivity contribution in [1.82, 2.24) is 0 Å². The van der Waals surface area contributed by atoms with Crippen molar-refractivity contribution in [2.24, 2.45) is 5.92 Å². The lowest BCUT2D eigenvalue weighted by molar-refractivity contribution is -0.384. The van der Waals surface area contributed by atoms with Gasteiger partial charge in [-0.25, -0.2) is 0 Å². The Hall–Kier alpha value is -1.27. The van der Waals surface area contributed by atoms with E-state index < -0.39 is 0 Å². The van der Waals surface area contributed by atoms with Crippen LogP contribution >= 0.6 is 11.8 Å². The summed E-state index contributed by atoms with van der Waals surface area (Å²) in [6.07, 6.45) is 0. The molecule has 1 aromatic rings. The summed E-state index contributed by atoms with van der Waals surface area (Å²) in [5.74, 6) is 1.77. The molecule has 0 radical (unpaired) electrons. The summed E-state index contributed by atoms with van der Waals surface area (Å²) >= 11 is 1.67. The number of nitrogens with one attached hydrogen (secondary N) is 1. The molecule has 6 heteroatoms. The van der Waals surface area contributed by atoms with Crippen molar-refractivity contribution < 1.29 is 10.0 Å². The van der Waals surface area contributed by atoms with Crippen LogP contribution in [0.2, 0.25) is 0 Å². The molecule has 5 nitrogen and oxygen atoms in total. The Balaban J connectivity index is 2.76. The van der Waals surface area contributed by atoms with E-state index in [0.29, 0.717) is 11.4 Å². The first kappa shape index (κ1) is 14.8. The number of hydrogen-bond donors (Lipinski definition) is 2. The second-order valence-electron chi connectivity index (χ2n) is 4.12. The van der Waals surface area contributed by atoms with E-state index in [-0.39, 0.29) is 23.1 Å². The standard InChI is InChI=1S/C12H18N2O3S/c1-9(6-15)7-18-8-10-4-3-5-11(14(16)17)12(10)13-2/h3-5,9,13,15H,6-8H2,1-2H3. The van der Waals surface area contributed by atoms with Crippen LogP contribution < -0.4 is 5.32 Å². The number of nitro benzene ring substituents is 1. The van der Waals surface area contributed by atoms with Gasteiger partial charge in [0.05, 0.1) is 4.92 Å². The summed E-state index contributed by atoms with van der Waals surface area (Å²) in [6.45, 7) is 2.14. The number of rotatable bonds is 7. The molecule has 0 spiro atoms. The normalized spacial score (nSPS) is 12.2. The fraction of sp³-hybridized carbons (Fsp3) is 0.500.